The van der Waals surface area contributed by atoms with Gasteiger partial charge in [-0.15, -0.1) is 0 Å². The molecule has 2 aliphatic heterocycles. The lowest BCUT2D eigenvalue weighted by atomic mass is 9.96. The van der Waals surface area contributed by atoms with Crippen molar-refractivity contribution in [2.24, 2.45) is 11.7 Å². The van der Waals surface area contributed by atoms with Crippen LogP contribution in [0.25, 0.3) is 0 Å². The maximum atomic E-state index is 11.9. The van der Waals surface area contributed by atoms with Crippen LogP contribution in [0.3, 0.4) is 0 Å². The van der Waals surface area contributed by atoms with Gasteiger partial charge in [-0.05, 0) is 30.7 Å². The van der Waals surface area contributed by atoms with Crippen molar-refractivity contribution in [2.45, 2.75) is 37.3 Å². The van der Waals surface area contributed by atoms with Crippen LogP contribution in [0.2, 0.25) is 0 Å². The molecule has 2 heterocycles. The van der Waals surface area contributed by atoms with Crippen LogP contribution in [-0.2, 0) is 14.4 Å². The van der Waals surface area contributed by atoms with Gasteiger partial charge in [-0.25, -0.2) is 0 Å². The highest BCUT2D eigenvalue weighted by Gasteiger charge is 2.41. The SMILES string of the molecule is NC(=O)C1CC(c2ccccc2)CN1[C@H](C=O)C[C@@H]1CCNC1=O. The summed E-state index contributed by atoms with van der Waals surface area (Å²) in [7, 11) is 0. The average Bonchev–Trinajstić information content (AvgIpc) is 3.20. The summed E-state index contributed by atoms with van der Waals surface area (Å²) in [5.74, 6) is -0.402. The molecule has 2 unspecified atom stereocenters. The molecular formula is C18H23N3O3. The Morgan fingerprint density at radius 1 is 1.38 bits per heavy atom. The van der Waals surface area contributed by atoms with E-state index in [0.717, 1.165) is 18.3 Å². The summed E-state index contributed by atoms with van der Waals surface area (Å²) >= 11 is 0. The van der Waals surface area contributed by atoms with Gasteiger partial charge in [-0.1, -0.05) is 30.3 Å². The summed E-state index contributed by atoms with van der Waals surface area (Å²) in [6.45, 7) is 1.26. The first-order chi connectivity index (χ1) is 11.6. The first kappa shape index (κ1) is 16.6. The minimum atomic E-state index is -0.463. The lowest BCUT2D eigenvalue weighted by Crippen LogP contribution is -2.47. The number of rotatable bonds is 6. The molecule has 2 amide bonds. The molecule has 1 aromatic carbocycles. The van der Waals surface area contributed by atoms with Gasteiger partial charge in [0.05, 0.1) is 12.1 Å². The largest absolute Gasteiger partial charge is 0.368 e. The number of hydrogen-bond donors (Lipinski definition) is 2. The minimum absolute atomic E-state index is 0.00344. The van der Waals surface area contributed by atoms with E-state index in [0.29, 0.717) is 25.9 Å². The Morgan fingerprint density at radius 2 is 2.12 bits per heavy atom. The topological polar surface area (TPSA) is 92.5 Å². The number of amides is 2. The van der Waals surface area contributed by atoms with Crippen molar-refractivity contribution in [1.29, 1.82) is 0 Å². The van der Waals surface area contributed by atoms with Crippen LogP contribution >= 0.6 is 0 Å². The summed E-state index contributed by atoms with van der Waals surface area (Å²) < 4.78 is 0. The quantitative estimate of drug-likeness (QED) is 0.740. The predicted octanol–water partition coefficient (Wildman–Crippen LogP) is 0.423. The van der Waals surface area contributed by atoms with E-state index in [9.17, 15) is 14.4 Å². The number of primary amides is 1. The Balaban J connectivity index is 1.76. The summed E-state index contributed by atoms with van der Waals surface area (Å²) in [6.07, 6.45) is 2.65. The molecule has 128 valence electrons. The third-order valence-corrected chi connectivity index (χ3v) is 5.21. The molecule has 0 spiro atoms. The van der Waals surface area contributed by atoms with Crippen molar-refractivity contribution >= 4 is 18.1 Å². The van der Waals surface area contributed by atoms with E-state index in [-0.39, 0.29) is 17.7 Å². The summed E-state index contributed by atoms with van der Waals surface area (Å²) in [4.78, 5) is 37.3. The van der Waals surface area contributed by atoms with Crippen LogP contribution in [0.1, 0.15) is 30.7 Å². The number of benzene rings is 1. The van der Waals surface area contributed by atoms with Gasteiger partial charge < -0.3 is 15.8 Å². The number of nitrogens with zero attached hydrogens (tertiary/aromatic N) is 1. The Bertz CT molecular complexity index is 619. The van der Waals surface area contributed by atoms with E-state index in [1.165, 1.54) is 0 Å². The molecule has 2 fully saturated rings. The number of nitrogens with one attached hydrogen (secondary N) is 1. The third kappa shape index (κ3) is 3.33. The molecule has 3 N–H and O–H groups in total. The van der Waals surface area contributed by atoms with Crippen molar-refractivity contribution < 1.29 is 14.4 Å². The molecule has 6 heteroatoms. The molecule has 0 aromatic heterocycles. The second-order valence-electron chi connectivity index (χ2n) is 6.67. The summed E-state index contributed by atoms with van der Waals surface area (Å²) in [6, 6.07) is 9.04. The fourth-order valence-electron chi connectivity index (χ4n) is 3.90. The zero-order chi connectivity index (χ0) is 17.1. The molecule has 3 rings (SSSR count). The van der Waals surface area contributed by atoms with Crippen LogP contribution < -0.4 is 11.1 Å². The molecule has 2 saturated heterocycles. The molecule has 0 bridgehead atoms. The van der Waals surface area contributed by atoms with Gasteiger partial charge in [0.1, 0.15) is 6.29 Å². The smallest absolute Gasteiger partial charge is 0.234 e. The van der Waals surface area contributed by atoms with Crippen molar-refractivity contribution in [3.05, 3.63) is 35.9 Å². The molecule has 0 radical (unpaired) electrons. The van der Waals surface area contributed by atoms with Gasteiger partial charge in [-0.2, -0.15) is 0 Å². The fraction of sp³-hybridized carbons (Fsp3) is 0.500. The van der Waals surface area contributed by atoms with Gasteiger partial charge in [0, 0.05) is 19.0 Å². The third-order valence-electron chi connectivity index (χ3n) is 5.21. The van der Waals surface area contributed by atoms with Crippen molar-refractivity contribution in [2.75, 3.05) is 13.1 Å². The summed E-state index contributed by atoms with van der Waals surface area (Å²) in [5, 5.41) is 2.79. The zero-order valence-electron chi connectivity index (χ0n) is 13.6. The Morgan fingerprint density at radius 3 is 2.71 bits per heavy atom. The molecule has 24 heavy (non-hydrogen) atoms. The van der Waals surface area contributed by atoms with Crippen LogP contribution in [-0.4, -0.2) is 48.2 Å². The second kappa shape index (κ2) is 7.13. The highest BCUT2D eigenvalue weighted by Crippen LogP contribution is 2.34. The molecular weight excluding hydrogens is 306 g/mol. The lowest BCUT2D eigenvalue weighted by molar-refractivity contribution is -0.125. The predicted molar refractivity (Wildman–Crippen MR) is 89.1 cm³/mol. The van der Waals surface area contributed by atoms with E-state index in [4.69, 9.17) is 5.73 Å². The molecule has 4 atom stereocenters. The second-order valence-corrected chi connectivity index (χ2v) is 6.67. The van der Waals surface area contributed by atoms with Crippen molar-refractivity contribution in [3.63, 3.8) is 0 Å². The lowest BCUT2D eigenvalue weighted by Gasteiger charge is -2.29. The number of likely N-dealkylation sites (tertiary alicyclic amines) is 1. The van der Waals surface area contributed by atoms with Gasteiger partial charge in [0.2, 0.25) is 11.8 Å². The minimum Gasteiger partial charge on any atom is -0.368 e. The highest BCUT2D eigenvalue weighted by atomic mass is 16.2. The number of carbonyl (C=O) groups is 3. The van der Waals surface area contributed by atoms with Gasteiger partial charge >= 0.3 is 0 Å². The van der Waals surface area contributed by atoms with Crippen molar-refractivity contribution in [3.8, 4) is 0 Å². The van der Waals surface area contributed by atoms with Gasteiger partial charge in [0.25, 0.3) is 0 Å². The summed E-state index contributed by atoms with van der Waals surface area (Å²) in [5.41, 5.74) is 6.73. The molecule has 0 saturated carbocycles. The first-order valence-corrected chi connectivity index (χ1v) is 8.43. The monoisotopic (exact) mass is 329 g/mol. The maximum absolute atomic E-state index is 11.9. The van der Waals surface area contributed by atoms with Crippen LogP contribution in [0.5, 0.6) is 0 Å². The number of nitrogens with two attached hydrogens (primary N) is 1. The standard InChI is InChI=1S/C18H23N3O3/c19-17(23)16-9-14(12-4-2-1-3-5-12)10-21(16)15(11-22)8-13-6-7-20-18(13)24/h1-5,11,13-16H,6-10H2,(H2,19,23)(H,20,24)/t13-,14?,15-,16?/m0/s1. The number of aldehydes is 1. The fourth-order valence-corrected chi connectivity index (χ4v) is 3.90. The van der Waals surface area contributed by atoms with E-state index in [1.54, 1.807) is 0 Å². The number of hydrogen-bond acceptors (Lipinski definition) is 4. The van der Waals surface area contributed by atoms with Gasteiger partial charge in [-0.3, -0.25) is 14.5 Å². The molecule has 0 aliphatic carbocycles. The Kier molecular flexibility index (Phi) is 4.94. The van der Waals surface area contributed by atoms with Crippen molar-refractivity contribution in [1.82, 2.24) is 10.2 Å². The molecule has 1 aromatic rings. The van der Waals surface area contributed by atoms with Crippen LogP contribution in [0, 0.1) is 5.92 Å². The first-order valence-electron chi connectivity index (χ1n) is 8.43. The molecule has 2 aliphatic rings. The Labute approximate surface area is 141 Å². The van der Waals surface area contributed by atoms with E-state index in [1.807, 2.05) is 35.2 Å². The Hall–Kier alpha value is -2.21. The normalized spacial score (nSPS) is 28.5. The van der Waals surface area contributed by atoms with Crippen LogP contribution in [0.4, 0.5) is 0 Å². The highest BCUT2D eigenvalue weighted by molar-refractivity contribution is 5.82. The maximum Gasteiger partial charge on any atom is 0.234 e. The zero-order valence-corrected chi connectivity index (χ0v) is 13.6. The van der Waals surface area contributed by atoms with E-state index in [2.05, 4.69) is 5.32 Å². The number of carbonyl (C=O) groups excluding carboxylic acids is 3. The van der Waals surface area contributed by atoms with Crippen LogP contribution in [0.15, 0.2) is 30.3 Å². The van der Waals surface area contributed by atoms with Gasteiger partial charge in [0.15, 0.2) is 0 Å². The van der Waals surface area contributed by atoms with E-state index >= 15 is 0 Å². The van der Waals surface area contributed by atoms with E-state index < -0.39 is 18.0 Å². The average molecular weight is 329 g/mol. The molecule has 6 nitrogen and oxygen atoms in total.